The molecule has 108 valence electrons. The minimum atomic E-state index is -0.181. The Morgan fingerprint density at radius 1 is 1.14 bits per heavy atom. The first kappa shape index (κ1) is 12.8. The van der Waals surface area contributed by atoms with Gasteiger partial charge in [0.05, 0.1) is 6.61 Å². The molecule has 2 aliphatic heterocycles. The second kappa shape index (κ2) is 4.85. The Bertz CT molecular complexity index is 703. The van der Waals surface area contributed by atoms with Crippen LogP contribution in [0.5, 0.6) is 5.75 Å². The fraction of sp³-hybridized carbons (Fsp3) is 0.333. The second-order valence-corrected chi connectivity index (χ2v) is 5.86. The molecule has 0 aromatic heterocycles. The summed E-state index contributed by atoms with van der Waals surface area (Å²) < 4.78 is 25.2. The minimum absolute atomic E-state index is 0.181. The Morgan fingerprint density at radius 2 is 2.05 bits per heavy atom. The largest absolute Gasteiger partial charge is 0.488 e. The van der Waals surface area contributed by atoms with E-state index in [1.807, 2.05) is 0 Å². The van der Waals surface area contributed by atoms with Crippen LogP contribution < -0.4 is 4.74 Å². The third-order valence-electron chi connectivity index (χ3n) is 4.47. The number of hydrogen-bond donors (Lipinski definition) is 0. The lowest BCUT2D eigenvalue weighted by atomic mass is 9.90. The molecule has 2 aromatic carbocycles. The lowest BCUT2D eigenvalue weighted by Gasteiger charge is -2.23. The average molecular weight is 284 g/mol. The molecular formula is C18H17FO2. The molecule has 21 heavy (non-hydrogen) atoms. The number of halogens is 1. The van der Waals surface area contributed by atoms with Gasteiger partial charge in [-0.25, -0.2) is 4.39 Å². The van der Waals surface area contributed by atoms with Gasteiger partial charge in [-0.2, -0.15) is 0 Å². The van der Waals surface area contributed by atoms with Gasteiger partial charge in [0.2, 0.25) is 0 Å². The Kier molecular flexibility index (Phi) is 2.96. The van der Waals surface area contributed by atoms with Crippen LogP contribution in [0.15, 0.2) is 30.3 Å². The molecule has 1 atom stereocenters. The standard InChI is InChI=1S/C18H17FO2/c1-11-6-18-16(8-17(11)19)15-7-12(13-4-5-20-9-13)2-3-14(15)10-21-18/h2-3,6-8,13H,4-5,9-10H2,1H3. The predicted octanol–water partition coefficient (Wildman–Crippen LogP) is 4.20. The molecule has 0 amide bonds. The van der Waals surface area contributed by atoms with Crippen molar-refractivity contribution in [3.63, 3.8) is 0 Å². The average Bonchev–Trinajstić information content (AvgIpc) is 3.02. The van der Waals surface area contributed by atoms with Crippen molar-refractivity contribution in [2.24, 2.45) is 0 Å². The van der Waals surface area contributed by atoms with Crippen molar-refractivity contribution in [1.82, 2.24) is 0 Å². The highest BCUT2D eigenvalue weighted by atomic mass is 19.1. The van der Waals surface area contributed by atoms with E-state index in [9.17, 15) is 4.39 Å². The SMILES string of the molecule is Cc1cc2c(cc1F)-c1cc(C3CCOC3)ccc1CO2. The van der Waals surface area contributed by atoms with E-state index in [0.717, 1.165) is 42.1 Å². The zero-order valence-electron chi connectivity index (χ0n) is 12.0. The summed E-state index contributed by atoms with van der Waals surface area (Å²) in [6.45, 7) is 3.93. The predicted molar refractivity (Wildman–Crippen MR) is 79.1 cm³/mol. The summed E-state index contributed by atoms with van der Waals surface area (Å²) in [5.74, 6) is 1.05. The lowest BCUT2D eigenvalue weighted by molar-refractivity contribution is 0.194. The summed E-state index contributed by atoms with van der Waals surface area (Å²) in [7, 11) is 0. The summed E-state index contributed by atoms with van der Waals surface area (Å²) in [6.07, 6.45) is 1.06. The van der Waals surface area contributed by atoms with E-state index >= 15 is 0 Å². The van der Waals surface area contributed by atoms with Crippen LogP contribution in [0.1, 0.15) is 29.0 Å². The lowest BCUT2D eigenvalue weighted by Crippen LogP contribution is -2.08. The molecule has 0 spiro atoms. The highest BCUT2D eigenvalue weighted by Crippen LogP contribution is 2.40. The maximum Gasteiger partial charge on any atom is 0.128 e. The maximum atomic E-state index is 13.9. The molecule has 0 N–H and O–H groups in total. The van der Waals surface area contributed by atoms with E-state index in [0.29, 0.717) is 18.1 Å². The smallest absolute Gasteiger partial charge is 0.128 e. The van der Waals surface area contributed by atoms with Gasteiger partial charge in [-0.05, 0) is 47.7 Å². The van der Waals surface area contributed by atoms with Gasteiger partial charge in [-0.15, -0.1) is 0 Å². The highest BCUT2D eigenvalue weighted by Gasteiger charge is 2.23. The van der Waals surface area contributed by atoms with E-state index in [4.69, 9.17) is 9.47 Å². The topological polar surface area (TPSA) is 18.5 Å². The Hall–Kier alpha value is -1.87. The summed E-state index contributed by atoms with van der Waals surface area (Å²) in [5.41, 5.74) is 4.98. The Labute approximate surface area is 123 Å². The Balaban J connectivity index is 1.83. The van der Waals surface area contributed by atoms with E-state index in [1.165, 1.54) is 5.56 Å². The first-order valence-electron chi connectivity index (χ1n) is 7.36. The van der Waals surface area contributed by atoms with E-state index in [-0.39, 0.29) is 5.82 Å². The molecular weight excluding hydrogens is 267 g/mol. The fourth-order valence-corrected chi connectivity index (χ4v) is 3.16. The number of aryl methyl sites for hydroxylation is 1. The van der Waals surface area contributed by atoms with Gasteiger partial charge in [0, 0.05) is 18.1 Å². The summed E-state index contributed by atoms with van der Waals surface area (Å²) in [5, 5.41) is 0. The molecule has 2 aliphatic rings. The zero-order valence-corrected chi connectivity index (χ0v) is 12.0. The van der Waals surface area contributed by atoms with Crippen molar-refractivity contribution in [2.75, 3.05) is 13.2 Å². The van der Waals surface area contributed by atoms with Crippen molar-refractivity contribution in [3.05, 3.63) is 52.8 Å². The molecule has 0 saturated carbocycles. The maximum absolute atomic E-state index is 13.9. The minimum Gasteiger partial charge on any atom is -0.488 e. The number of hydrogen-bond acceptors (Lipinski definition) is 2. The van der Waals surface area contributed by atoms with Crippen LogP contribution in [0.3, 0.4) is 0 Å². The van der Waals surface area contributed by atoms with Crippen LogP contribution in [-0.4, -0.2) is 13.2 Å². The number of fused-ring (bicyclic) bond motifs is 3. The van der Waals surface area contributed by atoms with Crippen LogP contribution in [0.2, 0.25) is 0 Å². The fourth-order valence-electron chi connectivity index (χ4n) is 3.16. The van der Waals surface area contributed by atoms with Crippen LogP contribution in [0, 0.1) is 12.7 Å². The van der Waals surface area contributed by atoms with Gasteiger partial charge in [0.25, 0.3) is 0 Å². The van der Waals surface area contributed by atoms with Crippen LogP contribution in [0.4, 0.5) is 4.39 Å². The first-order chi connectivity index (χ1) is 10.2. The van der Waals surface area contributed by atoms with Gasteiger partial charge in [-0.1, -0.05) is 18.2 Å². The van der Waals surface area contributed by atoms with Crippen LogP contribution in [0.25, 0.3) is 11.1 Å². The third kappa shape index (κ3) is 2.12. The number of benzene rings is 2. The van der Waals surface area contributed by atoms with Crippen LogP contribution >= 0.6 is 0 Å². The van der Waals surface area contributed by atoms with Crippen molar-refractivity contribution in [2.45, 2.75) is 25.9 Å². The molecule has 1 saturated heterocycles. The van der Waals surface area contributed by atoms with Gasteiger partial charge in [-0.3, -0.25) is 0 Å². The molecule has 4 rings (SSSR count). The van der Waals surface area contributed by atoms with Crippen molar-refractivity contribution in [1.29, 1.82) is 0 Å². The van der Waals surface area contributed by atoms with Gasteiger partial charge >= 0.3 is 0 Å². The molecule has 2 heterocycles. The van der Waals surface area contributed by atoms with Gasteiger partial charge < -0.3 is 9.47 Å². The number of rotatable bonds is 1. The molecule has 0 bridgehead atoms. The van der Waals surface area contributed by atoms with Crippen molar-refractivity contribution >= 4 is 0 Å². The summed E-state index contributed by atoms with van der Waals surface area (Å²) >= 11 is 0. The first-order valence-corrected chi connectivity index (χ1v) is 7.36. The Morgan fingerprint density at radius 3 is 2.86 bits per heavy atom. The molecule has 0 aliphatic carbocycles. The van der Waals surface area contributed by atoms with Gasteiger partial charge in [0.1, 0.15) is 18.2 Å². The highest BCUT2D eigenvalue weighted by molar-refractivity contribution is 5.76. The number of ether oxygens (including phenoxy) is 2. The molecule has 1 unspecified atom stereocenters. The van der Waals surface area contributed by atoms with Gasteiger partial charge in [0.15, 0.2) is 0 Å². The van der Waals surface area contributed by atoms with E-state index < -0.39 is 0 Å². The quantitative estimate of drug-likeness (QED) is 0.781. The third-order valence-corrected chi connectivity index (χ3v) is 4.47. The van der Waals surface area contributed by atoms with E-state index in [1.54, 1.807) is 19.1 Å². The molecule has 3 heteroatoms. The summed E-state index contributed by atoms with van der Waals surface area (Å²) in [6, 6.07) is 9.82. The second-order valence-electron chi connectivity index (χ2n) is 5.86. The molecule has 1 fully saturated rings. The monoisotopic (exact) mass is 284 g/mol. The normalized spacial score (nSPS) is 19.8. The van der Waals surface area contributed by atoms with Crippen LogP contribution in [-0.2, 0) is 11.3 Å². The van der Waals surface area contributed by atoms with Crippen molar-refractivity contribution < 1.29 is 13.9 Å². The van der Waals surface area contributed by atoms with E-state index in [2.05, 4.69) is 18.2 Å². The van der Waals surface area contributed by atoms with Crippen molar-refractivity contribution in [3.8, 4) is 16.9 Å². The zero-order chi connectivity index (χ0) is 14.4. The summed E-state index contributed by atoms with van der Waals surface area (Å²) in [4.78, 5) is 0. The molecule has 2 nitrogen and oxygen atoms in total. The molecule has 2 aromatic rings. The molecule has 0 radical (unpaired) electrons.